The zero-order valence-corrected chi connectivity index (χ0v) is 16.3. The number of aryl methyl sites for hydroxylation is 1. The Bertz CT molecular complexity index is 954. The summed E-state index contributed by atoms with van der Waals surface area (Å²) in [5, 5.41) is 2.84. The number of nitrogens with one attached hydrogen (secondary N) is 1. The smallest absolute Gasteiger partial charge is 0.243 e. The molecule has 0 unspecified atom stereocenters. The van der Waals surface area contributed by atoms with Crippen LogP contribution in [0.25, 0.3) is 0 Å². The predicted molar refractivity (Wildman–Crippen MR) is 101 cm³/mol. The summed E-state index contributed by atoms with van der Waals surface area (Å²) in [5.41, 5.74) is 1.33. The van der Waals surface area contributed by atoms with Crippen LogP contribution in [0.1, 0.15) is 24.0 Å². The van der Waals surface area contributed by atoms with Crippen molar-refractivity contribution in [2.75, 3.05) is 13.1 Å². The van der Waals surface area contributed by atoms with Crippen LogP contribution in [0, 0.1) is 24.5 Å². The van der Waals surface area contributed by atoms with Crippen LogP contribution in [-0.2, 0) is 21.4 Å². The topological polar surface area (TPSA) is 66.5 Å². The summed E-state index contributed by atoms with van der Waals surface area (Å²) in [6.45, 7) is 2.42. The highest BCUT2D eigenvalue weighted by atomic mass is 32.2. The Morgan fingerprint density at radius 3 is 2.36 bits per heavy atom. The molecule has 2 aromatic rings. The molecule has 5 nitrogen and oxygen atoms in total. The summed E-state index contributed by atoms with van der Waals surface area (Å²) < 4.78 is 52.9. The molecule has 0 atom stereocenters. The molecule has 0 aliphatic carbocycles. The van der Waals surface area contributed by atoms with Gasteiger partial charge >= 0.3 is 0 Å². The average Bonchev–Trinajstić information content (AvgIpc) is 2.69. The fourth-order valence-electron chi connectivity index (χ4n) is 3.26. The maximum Gasteiger partial charge on any atom is 0.243 e. The van der Waals surface area contributed by atoms with Gasteiger partial charge in [0.2, 0.25) is 15.9 Å². The number of nitrogens with zero attached hydrogens (tertiary/aromatic N) is 1. The molecule has 1 saturated heterocycles. The second-order valence-corrected chi connectivity index (χ2v) is 8.87. The van der Waals surface area contributed by atoms with Crippen molar-refractivity contribution in [2.24, 2.45) is 5.92 Å². The minimum Gasteiger partial charge on any atom is -0.352 e. The largest absolute Gasteiger partial charge is 0.352 e. The van der Waals surface area contributed by atoms with Crippen LogP contribution in [0.2, 0.25) is 0 Å². The van der Waals surface area contributed by atoms with Crippen LogP contribution in [0.4, 0.5) is 8.78 Å². The second kappa shape index (κ2) is 8.36. The van der Waals surface area contributed by atoms with Crippen molar-refractivity contribution in [3.05, 3.63) is 65.2 Å². The minimum atomic E-state index is -3.69. The summed E-state index contributed by atoms with van der Waals surface area (Å²) in [6.07, 6.45) is 0.823. The van der Waals surface area contributed by atoms with E-state index in [1.165, 1.54) is 22.5 Å². The van der Waals surface area contributed by atoms with E-state index in [1.807, 2.05) is 0 Å². The van der Waals surface area contributed by atoms with Gasteiger partial charge in [0, 0.05) is 25.6 Å². The molecule has 1 heterocycles. The number of piperidine rings is 1. The Hall–Kier alpha value is -2.32. The maximum absolute atomic E-state index is 13.3. The number of sulfonamides is 1. The van der Waals surface area contributed by atoms with Gasteiger partial charge in [-0.1, -0.05) is 12.1 Å². The molecular weight excluding hydrogens is 386 g/mol. The van der Waals surface area contributed by atoms with E-state index in [0.717, 1.165) is 17.7 Å². The van der Waals surface area contributed by atoms with Gasteiger partial charge in [-0.25, -0.2) is 17.2 Å². The first-order chi connectivity index (χ1) is 13.3. The Kier molecular flexibility index (Phi) is 6.10. The Morgan fingerprint density at radius 2 is 1.75 bits per heavy atom. The summed E-state index contributed by atoms with van der Waals surface area (Å²) in [4.78, 5) is 12.4. The van der Waals surface area contributed by atoms with Gasteiger partial charge < -0.3 is 5.32 Å². The molecule has 28 heavy (non-hydrogen) atoms. The fraction of sp³-hybridized carbons (Fsp3) is 0.350. The number of benzene rings is 2. The monoisotopic (exact) mass is 408 g/mol. The van der Waals surface area contributed by atoms with Gasteiger partial charge in [-0.2, -0.15) is 4.31 Å². The third-order valence-corrected chi connectivity index (χ3v) is 6.88. The van der Waals surface area contributed by atoms with Crippen molar-refractivity contribution < 1.29 is 22.0 Å². The van der Waals surface area contributed by atoms with Gasteiger partial charge in [0.1, 0.15) is 11.6 Å². The van der Waals surface area contributed by atoms with E-state index in [-0.39, 0.29) is 35.6 Å². The standard InChI is InChI=1S/C20H22F2N2O3S/c1-14-12-15(2-7-19(14)22)13-23-20(25)16-8-10-24(11-9-16)28(26,27)18-5-3-17(21)4-6-18/h2-7,12,16H,8-11,13H2,1H3,(H,23,25). The zero-order chi connectivity index (χ0) is 20.3. The molecule has 150 valence electrons. The molecule has 8 heteroatoms. The summed E-state index contributed by atoms with van der Waals surface area (Å²) in [7, 11) is -3.69. The number of halogens is 2. The Balaban J connectivity index is 1.55. The number of amides is 1. The van der Waals surface area contributed by atoms with E-state index in [0.29, 0.717) is 24.9 Å². The van der Waals surface area contributed by atoms with Crippen molar-refractivity contribution in [2.45, 2.75) is 31.2 Å². The van der Waals surface area contributed by atoms with E-state index in [2.05, 4.69) is 5.32 Å². The number of carbonyl (C=O) groups excluding carboxylic acids is 1. The zero-order valence-electron chi connectivity index (χ0n) is 15.5. The number of carbonyl (C=O) groups is 1. The lowest BCUT2D eigenvalue weighted by atomic mass is 9.97. The highest BCUT2D eigenvalue weighted by molar-refractivity contribution is 7.89. The lowest BCUT2D eigenvalue weighted by molar-refractivity contribution is -0.126. The maximum atomic E-state index is 13.3. The molecule has 1 aliphatic heterocycles. The first kappa shape index (κ1) is 20.4. The van der Waals surface area contributed by atoms with Crippen molar-refractivity contribution in [1.29, 1.82) is 0 Å². The normalized spacial score (nSPS) is 16.1. The summed E-state index contributed by atoms with van der Waals surface area (Å²) in [5.74, 6) is -1.20. The van der Waals surface area contributed by atoms with E-state index < -0.39 is 15.8 Å². The van der Waals surface area contributed by atoms with E-state index in [1.54, 1.807) is 19.1 Å². The molecule has 1 fully saturated rings. The van der Waals surface area contributed by atoms with E-state index in [9.17, 15) is 22.0 Å². The third kappa shape index (κ3) is 4.56. The van der Waals surface area contributed by atoms with Crippen LogP contribution >= 0.6 is 0 Å². The van der Waals surface area contributed by atoms with Crippen LogP contribution in [0.5, 0.6) is 0 Å². The first-order valence-electron chi connectivity index (χ1n) is 9.06. The molecule has 2 aromatic carbocycles. The Morgan fingerprint density at radius 1 is 1.11 bits per heavy atom. The van der Waals surface area contributed by atoms with Crippen LogP contribution in [-0.4, -0.2) is 31.7 Å². The molecular formula is C20H22F2N2O3S. The van der Waals surface area contributed by atoms with Gasteiger partial charge in [0.15, 0.2) is 0 Å². The molecule has 1 aliphatic rings. The van der Waals surface area contributed by atoms with Crippen molar-refractivity contribution in [3.63, 3.8) is 0 Å². The third-order valence-electron chi connectivity index (χ3n) is 4.97. The summed E-state index contributed by atoms with van der Waals surface area (Å²) >= 11 is 0. The molecule has 0 aromatic heterocycles. The van der Waals surface area contributed by atoms with Gasteiger partial charge in [0.05, 0.1) is 4.90 Å². The van der Waals surface area contributed by atoms with E-state index >= 15 is 0 Å². The molecule has 0 saturated carbocycles. The highest BCUT2D eigenvalue weighted by Crippen LogP contribution is 2.24. The Labute approximate surface area is 163 Å². The highest BCUT2D eigenvalue weighted by Gasteiger charge is 2.32. The molecule has 0 spiro atoms. The molecule has 3 rings (SSSR count). The SMILES string of the molecule is Cc1cc(CNC(=O)C2CCN(S(=O)(=O)c3ccc(F)cc3)CC2)ccc1F. The molecule has 0 bridgehead atoms. The quantitative estimate of drug-likeness (QED) is 0.827. The second-order valence-electron chi connectivity index (χ2n) is 6.93. The van der Waals surface area contributed by atoms with Gasteiger partial charge in [-0.3, -0.25) is 4.79 Å². The lowest BCUT2D eigenvalue weighted by Crippen LogP contribution is -2.42. The van der Waals surface area contributed by atoms with Gasteiger partial charge in [-0.15, -0.1) is 0 Å². The lowest BCUT2D eigenvalue weighted by Gasteiger charge is -2.30. The first-order valence-corrected chi connectivity index (χ1v) is 10.5. The number of hydrogen-bond acceptors (Lipinski definition) is 3. The molecule has 0 radical (unpaired) electrons. The number of rotatable bonds is 5. The number of hydrogen-bond donors (Lipinski definition) is 1. The van der Waals surface area contributed by atoms with Crippen molar-refractivity contribution >= 4 is 15.9 Å². The van der Waals surface area contributed by atoms with Crippen molar-refractivity contribution in [1.82, 2.24) is 9.62 Å². The van der Waals surface area contributed by atoms with Crippen LogP contribution in [0.15, 0.2) is 47.4 Å². The molecule has 1 amide bonds. The van der Waals surface area contributed by atoms with Crippen molar-refractivity contribution in [3.8, 4) is 0 Å². The van der Waals surface area contributed by atoms with Gasteiger partial charge in [0.25, 0.3) is 0 Å². The van der Waals surface area contributed by atoms with Gasteiger partial charge in [-0.05, 0) is 61.2 Å². The average molecular weight is 408 g/mol. The summed E-state index contributed by atoms with van der Waals surface area (Å²) in [6, 6.07) is 9.40. The van der Waals surface area contributed by atoms with E-state index in [4.69, 9.17) is 0 Å². The fourth-order valence-corrected chi connectivity index (χ4v) is 4.73. The van der Waals surface area contributed by atoms with Crippen LogP contribution in [0.3, 0.4) is 0 Å². The predicted octanol–water partition coefficient (Wildman–Crippen LogP) is 2.99. The minimum absolute atomic E-state index is 0.0449. The molecule has 1 N–H and O–H groups in total. The van der Waals surface area contributed by atoms with Crippen LogP contribution < -0.4 is 5.32 Å².